The number of esters is 1. The van der Waals surface area contributed by atoms with E-state index in [9.17, 15) is 18.0 Å². The molecule has 152 valence electrons. The first-order valence-corrected chi connectivity index (χ1v) is 10.7. The minimum atomic E-state index is -3.85. The van der Waals surface area contributed by atoms with Gasteiger partial charge in [-0.15, -0.1) is 0 Å². The predicted molar refractivity (Wildman–Crippen MR) is 98.7 cm³/mol. The average molecular weight is 400 g/mol. The van der Waals surface area contributed by atoms with Gasteiger partial charge in [0.1, 0.15) is 0 Å². The number of carbonyl (C=O) groups excluding carboxylic acids is 2. The van der Waals surface area contributed by atoms with Crippen LogP contribution in [-0.4, -0.2) is 62.3 Å². The van der Waals surface area contributed by atoms with Crippen molar-refractivity contribution in [2.75, 3.05) is 26.7 Å². The second kappa shape index (κ2) is 8.88. The van der Waals surface area contributed by atoms with Crippen molar-refractivity contribution in [3.8, 4) is 0 Å². The Hall–Kier alpha value is -1.87. The highest BCUT2D eigenvalue weighted by Gasteiger charge is 2.35. The van der Waals surface area contributed by atoms with Crippen molar-refractivity contribution >= 4 is 21.9 Å². The molecule has 1 saturated heterocycles. The molecule has 0 bridgehead atoms. The maximum absolute atomic E-state index is 12.7. The summed E-state index contributed by atoms with van der Waals surface area (Å²) in [6.45, 7) is 6.33. The molecule has 1 fully saturated rings. The molecule has 1 amide bonds. The number of ether oxygens (including phenoxy) is 1. The number of hydrogen-bond acceptors (Lipinski definition) is 6. The third-order valence-corrected chi connectivity index (χ3v) is 6.83. The third-order valence-electron chi connectivity index (χ3n) is 5.05. The van der Waals surface area contributed by atoms with Gasteiger partial charge < -0.3 is 14.1 Å². The van der Waals surface area contributed by atoms with Crippen molar-refractivity contribution in [2.24, 2.45) is 5.92 Å². The zero-order valence-electron chi connectivity index (χ0n) is 16.3. The normalized spacial score (nSPS) is 17.5. The van der Waals surface area contributed by atoms with Crippen molar-refractivity contribution in [2.45, 2.75) is 51.2 Å². The number of nitrogens with zero attached hydrogens (tertiary/aromatic N) is 2. The van der Waals surface area contributed by atoms with E-state index in [1.165, 1.54) is 16.4 Å². The van der Waals surface area contributed by atoms with E-state index in [-0.39, 0.29) is 48.4 Å². The zero-order chi connectivity index (χ0) is 20.2. The summed E-state index contributed by atoms with van der Waals surface area (Å²) >= 11 is 0. The number of hydrogen-bond donors (Lipinski definition) is 0. The highest BCUT2D eigenvalue weighted by atomic mass is 32.2. The molecule has 0 aromatic carbocycles. The summed E-state index contributed by atoms with van der Waals surface area (Å²) in [5.41, 5.74) is 0. The number of piperidine rings is 1. The maximum atomic E-state index is 12.7. The van der Waals surface area contributed by atoms with Crippen LogP contribution in [0.4, 0.5) is 0 Å². The Bertz CT molecular complexity index is 765. The molecule has 1 aromatic rings. The van der Waals surface area contributed by atoms with Gasteiger partial charge in [0.25, 0.3) is 10.0 Å². The quantitative estimate of drug-likeness (QED) is 0.650. The first-order chi connectivity index (χ1) is 12.7. The monoisotopic (exact) mass is 400 g/mol. The van der Waals surface area contributed by atoms with Crippen LogP contribution in [0.15, 0.2) is 21.6 Å². The maximum Gasteiger partial charge on any atom is 0.374 e. The van der Waals surface area contributed by atoms with Crippen molar-refractivity contribution in [3.05, 3.63) is 17.9 Å². The van der Waals surface area contributed by atoms with Crippen molar-refractivity contribution in [3.63, 3.8) is 0 Å². The third kappa shape index (κ3) is 4.70. The van der Waals surface area contributed by atoms with Crippen molar-refractivity contribution in [1.29, 1.82) is 0 Å². The fourth-order valence-corrected chi connectivity index (χ4v) is 4.40. The second-order valence-corrected chi connectivity index (χ2v) is 8.59. The van der Waals surface area contributed by atoms with Crippen LogP contribution in [0.1, 0.15) is 50.6 Å². The zero-order valence-corrected chi connectivity index (χ0v) is 17.1. The number of amides is 1. The SMILES string of the molecule is CCOC(=O)c1ccc(S(=O)(=O)N2CCC(C(=O)N(C)C(C)CC)CC2)o1. The van der Waals surface area contributed by atoms with Crippen LogP contribution in [-0.2, 0) is 19.6 Å². The molecule has 1 unspecified atom stereocenters. The number of rotatable bonds is 7. The minimum Gasteiger partial charge on any atom is -0.460 e. The molecule has 0 spiro atoms. The summed E-state index contributed by atoms with van der Waals surface area (Å²) in [6.07, 6.45) is 1.80. The molecule has 0 aliphatic carbocycles. The van der Waals surface area contributed by atoms with E-state index in [2.05, 4.69) is 0 Å². The Labute approximate surface area is 160 Å². The number of carbonyl (C=O) groups is 2. The van der Waals surface area contributed by atoms with Crippen LogP contribution < -0.4 is 0 Å². The lowest BCUT2D eigenvalue weighted by molar-refractivity contribution is -0.137. The molecule has 1 aliphatic rings. The predicted octanol–water partition coefficient (Wildman–Crippen LogP) is 2.11. The Morgan fingerprint density at radius 2 is 1.93 bits per heavy atom. The van der Waals surface area contributed by atoms with Gasteiger partial charge in [-0.3, -0.25) is 4.79 Å². The Balaban J connectivity index is 2.02. The fraction of sp³-hybridized carbons (Fsp3) is 0.667. The standard InChI is InChI=1S/C18H28N2O6S/c1-5-13(3)19(4)17(21)14-9-11-20(12-10-14)27(23,24)16-8-7-15(26-16)18(22)25-6-2/h7-8,13-14H,5-6,9-12H2,1-4H3. The van der Waals surface area contributed by atoms with Crippen LogP contribution in [0.2, 0.25) is 0 Å². The molecule has 1 aliphatic heterocycles. The van der Waals surface area contributed by atoms with Crippen LogP contribution in [0, 0.1) is 5.92 Å². The minimum absolute atomic E-state index is 0.0593. The van der Waals surface area contributed by atoms with Gasteiger partial charge in [-0.25, -0.2) is 13.2 Å². The fourth-order valence-electron chi connectivity index (χ4n) is 3.02. The summed E-state index contributed by atoms with van der Waals surface area (Å²) in [5.74, 6) is -0.960. The molecule has 9 heteroatoms. The molecule has 0 N–H and O–H groups in total. The highest BCUT2D eigenvalue weighted by Crippen LogP contribution is 2.26. The van der Waals surface area contributed by atoms with Crippen LogP contribution >= 0.6 is 0 Å². The van der Waals surface area contributed by atoms with E-state index < -0.39 is 16.0 Å². The molecule has 2 rings (SSSR count). The lowest BCUT2D eigenvalue weighted by Crippen LogP contribution is -2.45. The van der Waals surface area contributed by atoms with E-state index in [0.29, 0.717) is 12.8 Å². The first-order valence-electron chi connectivity index (χ1n) is 9.26. The Kier molecular flexibility index (Phi) is 7.05. The van der Waals surface area contributed by atoms with E-state index in [4.69, 9.17) is 9.15 Å². The molecular weight excluding hydrogens is 372 g/mol. The highest BCUT2D eigenvalue weighted by molar-refractivity contribution is 7.89. The summed E-state index contributed by atoms with van der Waals surface area (Å²) < 4.78 is 36.8. The summed E-state index contributed by atoms with van der Waals surface area (Å²) in [5, 5.41) is -0.285. The van der Waals surface area contributed by atoms with Gasteiger partial charge in [0, 0.05) is 32.1 Å². The molecule has 1 atom stereocenters. The van der Waals surface area contributed by atoms with Crippen LogP contribution in [0.25, 0.3) is 0 Å². The second-order valence-electron chi connectivity index (χ2n) is 6.72. The smallest absolute Gasteiger partial charge is 0.374 e. The average Bonchev–Trinajstić information content (AvgIpc) is 3.17. The Morgan fingerprint density at radius 1 is 1.30 bits per heavy atom. The Morgan fingerprint density at radius 3 is 2.48 bits per heavy atom. The van der Waals surface area contributed by atoms with Gasteiger partial charge in [0.05, 0.1) is 6.61 Å². The molecule has 8 nitrogen and oxygen atoms in total. The van der Waals surface area contributed by atoms with Crippen LogP contribution in [0.5, 0.6) is 0 Å². The number of sulfonamides is 1. The molecule has 2 heterocycles. The lowest BCUT2D eigenvalue weighted by Gasteiger charge is -2.33. The van der Waals surface area contributed by atoms with Gasteiger partial charge in [-0.1, -0.05) is 6.92 Å². The van der Waals surface area contributed by atoms with Gasteiger partial charge in [0.15, 0.2) is 0 Å². The largest absolute Gasteiger partial charge is 0.460 e. The van der Waals surface area contributed by atoms with E-state index in [1.807, 2.05) is 13.8 Å². The summed E-state index contributed by atoms with van der Waals surface area (Å²) in [4.78, 5) is 26.0. The molecule has 0 saturated carbocycles. The first kappa shape index (κ1) is 21.4. The number of furan rings is 1. The summed E-state index contributed by atoms with van der Waals surface area (Å²) in [7, 11) is -2.05. The van der Waals surface area contributed by atoms with Crippen LogP contribution in [0.3, 0.4) is 0 Å². The van der Waals surface area contributed by atoms with Crippen molar-refractivity contribution in [1.82, 2.24) is 9.21 Å². The lowest BCUT2D eigenvalue weighted by atomic mass is 9.96. The van der Waals surface area contributed by atoms with Gasteiger partial charge >= 0.3 is 5.97 Å². The van der Waals surface area contributed by atoms with E-state index in [1.54, 1.807) is 18.9 Å². The summed E-state index contributed by atoms with van der Waals surface area (Å²) in [6, 6.07) is 2.71. The van der Waals surface area contributed by atoms with E-state index in [0.717, 1.165) is 6.42 Å². The topological polar surface area (TPSA) is 97.1 Å². The molecule has 27 heavy (non-hydrogen) atoms. The molecular formula is C18H28N2O6S. The van der Waals surface area contributed by atoms with Gasteiger partial charge in [-0.2, -0.15) is 4.31 Å². The van der Waals surface area contributed by atoms with Gasteiger partial charge in [0.2, 0.25) is 16.8 Å². The van der Waals surface area contributed by atoms with E-state index >= 15 is 0 Å². The van der Waals surface area contributed by atoms with Crippen molar-refractivity contribution < 1.29 is 27.2 Å². The molecule has 0 radical (unpaired) electrons. The molecule has 1 aromatic heterocycles. The van der Waals surface area contributed by atoms with Gasteiger partial charge in [-0.05, 0) is 45.2 Å².